The molecule has 0 aromatic heterocycles. The number of aliphatic hydroxyl groups is 1. The fourth-order valence-electron chi connectivity index (χ4n) is 0.589. The van der Waals surface area contributed by atoms with Crippen LogP contribution in [0.4, 0.5) is 0 Å². The number of amides is 1. The van der Waals surface area contributed by atoms with Crippen molar-refractivity contribution >= 4 is 5.91 Å². The van der Waals surface area contributed by atoms with Crippen LogP contribution in [0.15, 0.2) is 12.2 Å². The molecule has 0 aliphatic carbocycles. The van der Waals surface area contributed by atoms with Crippen molar-refractivity contribution in [2.75, 3.05) is 20.6 Å². The van der Waals surface area contributed by atoms with Gasteiger partial charge in [0.2, 0.25) is 0 Å². The molecule has 0 aliphatic heterocycles. The SMILES string of the molecule is C=C(C)C(=O)N(CO)COC. The van der Waals surface area contributed by atoms with Crippen LogP contribution in [0.25, 0.3) is 0 Å². The van der Waals surface area contributed by atoms with Crippen LogP contribution in [-0.2, 0) is 9.53 Å². The molecule has 0 saturated carbocycles. The molecule has 0 aromatic carbocycles. The molecule has 64 valence electrons. The van der Waals surface area contributed by atoms with Gasteiger partial charge in [-0.15, -0.1) is 0 Å². The molecule has 0 heterocycles. The van der Waals surface area contributed by atoms with Gasteiger partial charge in [0.25, 0.3) is 5.91 Å². The number of hydrogen-bond acceptors (Lipinski definition) is 3. The molecule has 0 radical (unpaired) electrons. The van der Waals surface area contributed by atoms with Crippen LogP contribution in [0.3, 0.4) is 0 Å². The molecular weight excluding hydrogens is 146 g/mol. The van der Waals surface area contributed by atoms with E-state index in [2.05, 4.69) is 11.3 Å². The highest BCUT2D eigenvalue weighted by Crippen LogP contribution is 1.96. The Hall–Kier alpha value is -0.870. The van der Waals surface area contributed by atoms with Crippen LogP contribution in [0.1, 0.15) is 6.92 Å². The zero-order valence-electron chi connectivity index (χ0n) is 6.83. The van der Waals surface area contributed by atoms with E-state index in [0.29, 0.717) is 5.57 Å². The van der Waals surface area contributed by atoms with Gasteiger partial charge in [0.05, 0.1) is 0 Å². The number of methoxy groups -OCH3 is 1. The fraction of sp³-hybridized carbons (Fsp3) is 0.571. The van der Waals surface area contributed by atoms with Crippen molar-refractivity contribution in [3.8, 4) is 0 Å². The predicted octanol–water partition coefficient (Wildman–Crippen LogP) is -0.0552. The molecule has 0 aromatic rings. The van der Waals surface area contributed by atoms with E-state index in [1.54, 1.807) is 6.92 Å². The first kappa shape index (κ1) is 10.1. The van der Waals surface area contributed by atoms with E-state index in [1.165, 1.54) is 7.11 Å². The quantitative estimate of drug-likeness (QED) is 0.462. The Kier molecular flexibility index (Phi) is 4.49. The molecule has 0 atom stereocenters. The Bertz CT molecular complexity index is 156. The van der Waals surface area contributed by atoms with Crippen molar-refractivity contribution in [1.29, 1.82) is 0 Å². The van der Waals surface area contributed by atoms with Crippen LogP contribution in [-0.4, -0.2) is 36.5 Å². The van der Waals surface area contributed by atoms with Crippen molar-refractivity contribution in [3.63, 3.8) is 0 Å². The molecular formula is C7H13NO3. The van der Waals surface area contributed by atoms with Crippen LogP contribution in [0.2, 0.25) is 0 Å². The predicted molar refractivity (Wildman–Crippen MR) is 40.6 cm³/mol. The summed E-state index contributed by atoms with van der Waals surface area (Å²) in [6, 6.07) is 0. The molecule has 0 saturated heterocycles. The van der Waals surface area contributed by atoms with Gasteiger partial charge >= 0.3 is 0 Å². The van der Waals surface area contributed by atoms with E-state index in [0.717, 1.165) is 4.90 Å². The lowest BCUT2D eigenvalue weighted by molar-refractivity contribution is -0.136. The summed E-state index contributed by atoms with van der Waals surface area (Å²) in [7, 11) is 1.45. The van der Waals surface area contributed by atoms with Gasteiger partial charge in [-0.3, -0.25) is 9.69 Å². The van der Waals surface area contributed by atoms with Crippen molar-refractivity contribution in [2.45, 2.75) is 6.92 Å². The first-order chi connectivity index (χ1) is 5.13. The second-order valence-corrected chi connectivity index (χ2v) is 2.18. The lowest BCUT2D eigenvalue weighted by Crippen LogP contribution is -2.33. The topological polar surface area (TPSA) is 49.8 Å². The molecule has 0 spiro atoms. The van der Waals surface area contributed by atoms with Crippen LogP contribution < -0.4 is 0 Å². The van der Waals surface area contributed by atoms with Gasteiger partial charge in [0.1, 0.15) is 13.5 Å². The smallest absolute Gasteiger partial charge is 0.252 e. The highest BCUT2D eigenvalue weighted by Gasteiger charge is 2.11. The summed E-state index contributed by atoms with van der Waals surface area (Å²) in [5.41, 5.74) is 0.385. The fourth-order valence-corrected chi connectivity index (χ4v) is 0.589. The van der Waals surface area contributed by atoms with Crippen molar-refractivity contribution in [1.82, 2.24) is 4.90 Å². The number of nitrogens with zero attached hydrogens (tertiary/aromatic N) is 1. The number of carbonyl (C=O) groups excluding carboxylic acids is 1. The summed E-state index contributed by atoms with van der Waals surface area (Å²) in [5, 5.41) is 8.66. The minimum atomic E-state index is -0.348. The van der Waals surface area contributed by atoms with Gasteiger partial charge < -0.3 is 9.84 Å². The zero-order chi connectivity index (χ0) is 8.85. The van der Waals surface area contributed by atoms with E-state index >= 15 is 0 Å². The number of rotatable bonds is 4. The van der Waals surface area contributed by atoms with Crippen molar-refractivity contribution < 1.29 is 14.6 Å². The maximum atomic E-state index is 11.1. The largest absolute Gasteiger partial charge is 0.376 e. The summed E-state index contributed by atoms with van der Waals surface area (Å²) in [5.74, 6) is -0.297. The maximum absolute atomic E-state index is 11.1. The Labute approximate surface area is 66.1 Å². The Morgan fingerprint density at radius 3 is 2.55 bits per heavy atom. The lowest BCUT2D eigenvalue weighted by atomic mass is 10.3. The van der Waals surface area contributed by atoms with Crippen LogP contribution in [0, 0.1) is 0 Å². The number of hydrogen-bond donors (Lipinski definition) is 1. The average molecular weight is 159 g/mol. The van der Waals surface area contributed by atoms with Gasteiger partial charge in [-0.2, -0.15) is 0 Å². The minimum absolute atomic E-state index is 0.0855. The van der Waals surface area contributed by atoms with Gasteiger partial charge in [-0.1, -0.05) is 6.58 Å². The molecule has 1 N–H and O–H groups in total. The zero-order valence-corrected chi connectivity index (χ0v) is 6.83. The number of aliphatic hydroxyl groups excluding tert-OH is 1. The third-order valence-electron chi connectivity index (χ3n) is 1.11. The van der Waals surface area contributed by atoms with Crippen molar-refractivity contribution in [2.24, 2.45) is 0 Å². The summed E-state index contributed by atoms with van der Waals surface area (Å²) in [6.07, 6.45) is 0. The van der Waals surface area contributed by atoms with E-state index in [4.69, 9.17) is 5.11 Å². The Morgan fingerprint density at radius 1 is 1.73 bits per heavy atom. The first-order valence-electron chi connectivity index (χ1n) is 3.18. The molecule has 11 heavy (non-hydrogen) atoms. The summed E-state index contributed by atoms with van der Waals surface area (Å²) in [4.78, 5) is 12.2. The molecule has 0 rings (SSSR count). The Morgan fingerprint density at radius 2 is 2.27 bits per heavy atom. The Balaban J connectivity index is 4.02. The van der Waals surface area contributed by atoms with Crippen molar-refractivity contribution in [3.05, 3.63) is 12.2 Å². The van der Waals surface area contributed by atoms with Crippen LogP contribution >= 0.6 is 0 Å². The molecule has 0 unspecified atom stereocenters. The standard InChI is InChI=1S/C7H13NO3/c1-6(2)7(10)8(4-9)5-11-3/h9H,1,4-5H2,2-3H3. The molecule has 0 aliphatic rings. The number of carbonyl (C=O) groups is 1. The van der Waals surface area contributed by atoms with Gasteiger partial charge in [0.15, 0.2) is 0 Å². The third kappa shape index (κ3) is 3.15. The second-order valence-electron chi connectivity index (χ2n) is 2.18. The molecule has 0 bridgehead atoms. The third-order valence-corrected chi connectivity index (χ3v) is 1.11. The number of ether oxygens (including phenoxy) is 1. The van der Waals surface area contributed by atoms with E-state index < -0.39 is 0 Å². The first-order valence-corrected chi connectivity index (χ1v) is 3.18. The van der Waals surface area contributed by atoms with E-state index in [1.807, 2.05) is 0 Å². The summed E-state index contributed by atoms with van der Waals surface area (Å²) in [6.45, 7) is 4.77. The van der Waals surface area contributed by atoms with Gasteiger partial charge in [0, 0.05) is 12.7 Å². The average Bonchev–Trinajstić information content (AvgIpc) is 1.98. The lowest BCUT2D eigenvalue weighted by Gasteiger charge is -2.18. The maximum Gasteiger partial charge on any atom is 0.252 e. The normalized spacial score (nSPS) is 9.36. The molecule has 4 heteroatoms. The summed E-state index contributed by atoms with van der Waals surface area (Å²) >= 11 is 0. The minimum Gasteiger partial charge on any atom is -0.376 e. The van der Waals surface area contributed by atoms with Crippen LogP contribution in [0.5, 0.6) is 0 Å². The van der Waals surface area contributed by atoms with E-state index in [-0.39, 0.29) is 19.4 Å². The molecule has 4 nitrogen and oxygen atoms in total. The van der Waals surface area contributed by atoms with E-state index in [9.17, 15) is 4.79 Å². The highest BCUT2D eigenvalue weighted by atomic mass is 16.5. The highest BCUT2D eigenvalue weighted by molar-refractivity contribution is 5.91. The molecule has 0 fully saturated rings. The molecule has 1 amide bonds. The van der Waals surface area contributed by atoms with Gasteiger partial charge in [-0.25, -0.2) is 0 Å². The van der Waals surface area contributed by atoms with Gasteiger partial charge in [-0.05, 0) is 6.92 Å². The summed E-state index contributed by atoms with van der Waals surface area (Å²) < 4.78 is 4.67. The monoisotopic (exact) mass is 159 g/mol. The second kappa shape index (κ2) is 4.87.